The van der Waals surface area contributed by atoms with Crippen LogP contribution in [0.1, 0.15) is 5.56 Å². The lowest BCUT2D eigenvalue weighted by Gasteiger charge is -2.05. The predicted molar refractivity (Wildman–Crippen MR) is 66.9 cm³/mol. The Kier molecular flexibility index (Phi) is 4.61. The van der Waals surface area contributed by atoms with Crippen LogP contribution in [0.5, 0.6) is 0 Å². The van der Waals surface area contributed by atoms with Gasteiger partial charge in [0.25, 0.3) is 0 Å². The monoisotopic (exact) mass is 255 g/mol. The average molecular weight is 256 g/mol. The molecule has 2 N–H and O–H groups in total. The maximum absolute atomic E-state index is 13.2. The molecule has 1 nitrogen and oxygen atoms in total. The SMILES string of the molecule is Cl.NCc1cc(-c2ccc(F)cc2)ccc1F. The molecule has 0 atom stereocenters. The summed E-state index contributed by atoms with van der Waals surface area (Å²) in [6.07, 6.45) is 0. The van der Waals surface area contributed by atoms with Gasteiger partial charge in [-0.15, -0.1) is 12.4 Å². The molecule has 2 aromatic rings. The van der Waals surface area contributed by atoms with E-state index < -0.39 is 0 Å². The maximum Gasteiger partial charge on any atom is 0.127 e. The van der Waals surface area contributed by atoms with Crippen LogP contribution in [-0.4, -0.2) is 0 Å². The summed E-state index contributed by atoms with van der Waals surface area (Å²) in [7, 11) is 0. The molecule has 0 heterocycles. The van der Waals surface area contributed by atoms with E-state index in [1.165, 1.54) is 18.2 Å². The first kappa shape index (κ1) is 13.6. The van der Waals surface area contributed by atoms with Gasteiger partial charge in [0.15, 0.2) is 0 Å². The van der Waals surface area contributed by atoms with E-state index in [0.29, 0.717) is 5.56 Å². The number of hydrogen-bond acceptors (Lipinski definition) is 1. The van der Waals surface area contributed by atoms with E-state index in [4.69, 9.17) is 5.73 Å². The van der Waals surface area contributed by atoms with Gasteiger partial charge in [0.1, 0.15) is 11.6 Å². The molecule has 0 aliphatic carbocycles. The highest BCUT2D eigenvalue weighted by Crippen LogP contribution is 2.22. The molecular formula is C13H12ClF2N. The van der Waals surface area contributed by atoms with Crippen molar-refractivity contribution in [1.82, 2.24) is 0 Å². The van der Waals surface area contributed by atoms with Crippen LogP contribution in [0.15, 0.2) is 42.5 Å². The minimum atomic E-state index is -0.312. The summed E-state index contributed by atoms with van der Waals surface area (Å²) in [6, 6.07) is 10.8. The number of halogens is 3. The Labute approximate surface area is 105 Å². The van der Waals surface area contributed by atoms with Crippen LogP contribution in [0.4, 0.5) is 8.78 Å². The van der Waals surface area contributed by atoms with Gasteiger partial charge < -0.3 is 5.73 Å². The van der Waals surface area contributed by atoms with E-state index in [9.17, 15) is 8.78 Å². The Hall–Kier alpha value is -1.45. The molecule has 0 aliphatic rings. The Morgan fingerprint density at radius 3 is 2.06 bits per heavy atom. The van der Waals surface area contributed by atoms with Crippen molar-refractivity contribution in [3.05, 3.63) is 59.7 Å². The first-order chi connectivity index (χ1) is 7.70. The summed E-state index contributed by atoms with van der Waals surface area (Å²) in [4.78, 5) is 0. The van der Waals surface area contributed by atoms with Gasteiger partial charge in [-0.25, -0.2) is 8.78 Å². The Morgan fingerprint density at radius 1 is 0.882 bits per heavy atom. The fourth-order valence-electron chi connectivity index (χ4n) is 1.55. The van der Waals surface area contributed by atoms with Gasteiger partial charge in [-0.05, 0) is 35.4 Å². The predicted octanol–water partition coefficient (Wildman–Crippen LogP) is 3.51. The van der Waals surface area contributed by atoms with Crippen molar-refractivity contribution in [1.29, 1.82) is 0 Å². The molecular weight excluding hydrogens is 244 g/mol. The number of benzene rings is 2. The van der Waals surface area contributed by atoms with Crippen LogP contribution in [0.2, 0.25) is 0 Å². The first-order valence-electron chi connectivity index (χ1n) is 4.95. The molecule has 0 unspecified atom stereocenters. The average Bonchev–Trinajstić information content (AvgIpc) is 2.31. The zero-order chi connectivity index (χ0) is 11.5. The third kappa shape index (κ3) is 3.02. The normalized spacial score (nSPS) is 9.82. The molecule has 90 valence electrons. The second-order valence-corrected chi connectivity index (χ2v) is 3.52. The summed E-state index contributed by atoms with van der Waals surface area (Å²) in [6.45, 7) is 0.154. The fraction of sp³-hybridized carbons (Fsp3) is 0.0769. The van der Waals surface area contributed by atoms with Crippen LogP contribution >= 0.6 is 12.4 Å². The van der Waals surface area contributed by atoms with Crippen molar-refractivity contribution >= 4 is 12.4 Å². The number of hydrogen-bond donors (Lipinski definition) is 1. The second-order valence-electron chi connectivity index (χ2n) is 3.52. The fourth-order valence-corrected chi connectivity index (χ4v) is 1.55. The largest absolute Gasteiger partial charge is 0.326 e. The van der Waals surface area contributed by atoms with E-state index in [2.05, 4.69) is 0 Å². The topological polar surface area (TPSA) is 26.0 Å². The van der Waals surface area contributed by atoms with Crippen molar-refractivity contribution in [3.8, 4) is 11.1 Å². The van der Waals surface area contributed by atoms with Crippen molar-refractivity contribution in [2.75, 3.05) is 0 Å². The molecule has 0 radical (unpaired) electrons. The summed E-state index contributed by atoms with van der Waals surface area (Å²) >= 11 is 0. The molecule has 4 heteroatoms. The van der Waals surface area contributed by atoms with Gasteiger partial charge in [-0.1, -0.05) is 18.2 Å². The van der Waals surface area contributed by atoms with Crippen LogP contribution in [0, 0.1) is 11.6 Å². The lowest BCUT2D eigenvalue weighted by atomic mass is 10.0. The molecule has 0 fully saturated rings. The second kappa shape index (κ2) is 5.75. The molecule has 0 spiro atoms. The molecule has 0 saturated heterocycles. The van der Waals surface area contributed by atoms with Gasteiger partial charge in [-0.2, -0.15) is 0 Å². The summed E-state index contributed by atoms with van der Waals surface area (Å²) in [5.41, 5.74) is 7.56. The van der Waals surface area contributed by atoms with Gasteiger partial charge in [-0.3, -0.25) is 0 Å². The van der Waals surface area contributed by atoms with Crippen molar-refractivity contribution in [2.24, 2.45) is 5.73 Å². The van der Waals surface area contributed by atoms with E-state index in [1.807, 2.05) is 0 Å². The Morgan fingerprint density at radius 2 is 1.47 bits per heavy atom. The van der Waals surface area contributed by atoms with E-state index in [0.717, 1.165) is 11.1 Å². The highest BCUT2D eigenvalue weighted by atomic mass is 35.5. The molecule has 0 amide bonds. The summed E-state index contributed by atoms with van der Waals surface area (Å²) in [5.74, 6) is -0.599. The smallest absolute Gasteiger partial charge is 0.127 e. The van der Waals surface area contributed by atoms with E-state index in [-0.39, 0.29) is 30.6 Å². The van der Waals surface area contributed by atoms with Gasteiger partial charge in [0.2, 0.25) is 0 Å². The van der Waals surface area contributed by atoms with E-state index >= 15 is 0 Å². The van der Waals surface area contributed by atoms with Crippen molar-refractivity contribution < 1.29 is 8.78 Å². The van der Waals surface area contributed by atoms with Gasteiger partial charge in [0.05, 0.1) is 0 Å². The summed E-state index contributed by atoms with van der Waals surface area (Å²) in [5, 5.41) is 0. The highest BCUT2D eigenvalue weighted by molar-refractivity contribution is 5.85. The summed E-state index contributed by atoms with van der Waals surface area (Å²) < 4.78 is 25.9. The number of rotatable bonds is 2. The minimum absolute atomic E-state index is 0. The van der Waals surface area contributed by atoms with Crippen LogP contribution in [0.25, 0.3) is 11.1 Å². The number of nitrogens with two attached hydrogens (primary N) is 1. The lowest BCUT2D eigenvalue weighted by molar-refractivity contribution is 0.611. The molecule has 2 aromatic carbocycles. The third-order valence-electron chi connectivity index (χ3n) is 2.44. The van der Waals surface area contributed by atoms with Crippen molar-refractivity contribution in [2.45, 2.75) is 6.54 Å². The Balaban J connectivity index is 0.00000144. The molecule has 0 aliphatic heterocycles. The zero-order valence-electron chi connectivity index (χ0n) is 8.99. The molecule has 0 saturated carbocycles. The van der Waals surface area contributed by atoms with E-state index in [1.54, 1.807) is 24.3 Å². The maximum atomic E-state index is 13.2. The molecule has 0 bridgehead atoms. The Bertz CT molecular complexity index is 497. The minimum Gasteiger partial charge on any atom is -0.326 e. The first-order valence-corrected chi connectivity index (χ1v) is 4.95. The van der Waals surface area contributed by atoms with Crippen LogP contribution < -0.4 is 5.73 Å². The molecule has 0 aromatic heterocycles. The zero-order valence-corrected chi connectivity index (χ0v) is 9.81. The van der Waals surface area contributed by atoms with Crippen molar-refractivity contribution in [3.63, 3.8) is 0 Å². The lowest BCUT2D eigenvalue weighted by Crippen LogP contribution is -1.99. The molecule has 17 heavy (non-hydrogen) atoms. The van der Waals surface area contributed by atoms with Crippen LogP contribution in [-0.2, 0) is 6.54 Å². The van der Waals surface area contributed by atoms with Gasteiger partial charge in [0, 0.05) is 12.1 Å². The highest BCUT2D eigenvalue weighted by Gasteiger charge is 2.03. The third-order valence-corrected chi connectivity index (χ3v) is 2.44. The van der Waals surface area contributed by atoms with Gasteiger partial charge >= 0.3 is 0 Å². The molecule has 2 rings (SSSR count). The standard InChI is InChI=1S/C13H11F2N.ClH/c14-12-4-1-9(2-5-12)10-3-6-13(15)11(7-10)8-16;/h1-7H,8,16H2;1H. The quantitative estimate of drug-likeness (QED) is 0.873. The van der Waals surface area contributed by atoms with Crippen LogP contribution in [0.3, 0.4) is 0 Å².